The molecule has 3 rings (SSSR count). The second-order valence-electron chi connectivity index (χ2n) is 6.74. The average molecular weight is 539 g/mol. The first-order chi connectivity index (χ1) is 14.9. The van der Waals surface area contributed by atoms with Crippen molar-refractivity contribution in [3.63, 3.8) is 0 Å². The molecule has 31 heavy (non-hydrogen) atoms. The maximum absolute atomic E-state index is 12.2. The summed E-state index contributed by atoms with van der Waals surface area (Å²) in [6, 6.07) is 8.43. The maximum Gasteiger partial charge on any atom is 0.259 e. The Labute approximate surface area is 193 Å². The Morgan fingerprint density at radius 3 is 2.74 bits per heavy atom. The van der Waals surface area contributed by atoms with E-state index < -0.39 is 11.8 Å². The molecule has 1 aliphatic rings. The molecule has 1 heterocycles. The number of amides is 2. The number of hydrogen-bond acceptors (Lipinski definition) is 7. The number of methoxy groups -OCH3 is 1. The van der Waals surface area contributed by atoms with E-state index in [9.17, 15) is 9.59 Å². The number of nitrogens with one attached hydrogen (secondary N) is 2. The van der Waals surface area contributed by atoms with Gasteiger partial charge in [0.2, 0.25) is 6.79 Å². The van der Waals surface area contributed by atoms with E-state index in [-0.39, 0.29) is 19.4 Å². The van der Waals surface area contributed by atoms with E-state index in [1.165, 1.54) is 6.21 Å². The molecule has 2 aromatic carbocycles. The van der Waals surface area contributed by atoms with Gasteiger partial charge >= 0.3 is 0 Å². The van der Waals surface area contributed by atoms with Crippen molar-refractivity contribution in [2.75, 3.05) is 20.4 Å². The van der Waals surface area contributed by atoms with Crippen molar-refractivity contribution in [3.05, 3.63) is 45.0 Å². The Balaban J connectivity index is 1.53. The van der Waals surface area contributed by atoms with Gasteiger partial charge in [0.25, 0.3) is 11.8 Å². The molecule has 2 aromatic rings. The second-order valence-corrected chi connectivity index (χ2v) is 7.91. The summed E-state index contributed by atoms with van der Waals surface area (Å²) in [7, 11) is 1.56. The van der Waals surface area contributed by atoms with Crippen LogP contribution in [0.4, 0.5) is 0 Å². The van der Waals surface area contributed by atoms with Gasteiger partial charge in [-0.1, -0.05) is 0 Å². The molecule has 0 saturated heterocycles. The summed E-state index contributed by atoms with van der Waals surface area (Å²) in [6.07, 6.45) is 1.50. The van der Waals surface area contributed by atoms with E-state index in [0.717, 1.165) is 9.13 Å². The number of benzene rings is 2. The summed E-state index contributed by atoms with van der Waals surface area (Å²) >= 11 is 2.15. The SMILES string of the molecule is COc1cc(/C=N/NC(=O)CNC(=O)c2ccc3c(c2)OCO3)cc(I)c1OC(C)C. The van der Waals surface area contributed by atoms with Crippen LogP contribution in [0, 0.1) is 3.57 Å². The lowest BCUT2D eigenvalue weighted by Gasteiger charge is -2.15. The molecular formula is C21H22IN3O6. The molecule has 0 unspecified atom stereocenters. The minimum absolute atomic E-state index is 0.00842. The number of carbonyl (C=O) groups excluding carboxylic acids is 2. The number of hydrogen-bond donors (Lipinski definition) is 2. The highest BCUT2D eigenvalue weighted by molar-refractivity contribution is 14.1. The van der Waals surface area contributed by atoms with Gasteiger partial charge in [-0.15, -0.1) is 0 Å². The zero-order valence-corrected chi connectivity index (χ0v) is 19.4. The molecule has 9 nitrogen and oxygen atoms in total. The molecule has 0 radical (unpaired) electrons. The summed E-state index contributed by atoms with van der Waals surface area (Å²) in [5, 5.41) is 6.47. The van der Waals surface area contributed by atoms with Gasteiger partial charge in [0.15, 0.2) is 23.0 Å². The van der Waals surface area contributed by atoms with Gasteiger partial charge in [0.1, 0.15) is 0 Å². The molecule has 0 bridgehead atoms. The maximum atomic E-state index is 12.2. The molecule has 0 atom stereocenters. The zero-order chi connectivity index (χ0) is 22.4. The van der Waals surface area contributed by atoms with Gasteiger partial charge in [0, 0.05) is 5.56 Å². The molecule has 0 aromatic heterocycles. The van der Waals surface area contributed by atoms with E-state index in [4.69, 9.17) is 18.9 Å². The Morgan fingerprint density at radius 2 is 2.00 bits per heavy atom. The fraction of sp³-hybridized carbons (Fsp3) is 0.286. The van der Waals surface area contributed by atoms with Crippen LogP contribution in [-0.2, 0) is 4.79 Å². The van der Waals surface area contributed by atoms with E-state index in [1.807, 2.05) is 19.9 Å². The van der Waals surface area contributed by atoms with Gasteiger partial charge in [0.05, 0.1) is 29.5 Å². The molecule has 0 aliphatic carbocycles. The lowest BCUT2D eigenvalue weighted by molar-refractivity contribution is -0.120. The van der Waals surface area contributed by atoms with E-state index >= 15 is 0 Å². The largest absolute Gasteiger partial charge is 0.493 e. The highest BCUT2D eigenvalue weighted by atomic mass is 127. The summed E-state index contributed by atoms with van der Waals surface area (Å²) in [6.45, 7) is 3.77. The van der Waals surface area contributed by atoms with Crippen LogP contribution in [0.3, 0.4) is 0 Å². The first-order valence-electron chi connectivity index (χ1n) is 9.41. The lowest BCUT2D eigenvalue weighted by atomic mass is 10.2. The highest BCUT2D eigenvalue weighted by Gasteiger charge is 2.16. The molecule has 0 saturated carbocycles. The van der Waals surface area contributed by atoms with Crippen molar-refractivity contribution in [2.45, 2.75) is 20.0 Å². The first kappa shape index (κ1) is 22.7. The number of hydrazone groups is 1. The lowest BCUT2D eigenvalue weighted by Crippen LogP contribution is -2.34. The van der Waals surface area contributed by atoms with Gasteiger partial charge < -0.3 is 24.3 Å². The van der Waals surface area contributed by atoms with Crippen molar-refractivity contribution in [3.8, 4) is 23.0 Å². The van der Waals surface area contributed by atoms with E-state index in [0.29, 0.717) is 28.6 Å². The number of halogens is 1. The Bertz CT molecular complexity index is 1010. The van der Waals surface area contributed by atoms with Gasteiger partial charge in [-0.3, -0.25) is 9.59 Å². The molecule has 1 aliphatic heterocycles. The summed E-state index contributed by atoms with van der Waals surface area (Å²) in [4.78, 5) is 24.2. The Kier molecular flexibility index (Phi) is 7.55. The summed E-state index contributed by atoms with van der Waals surface area (Å²) < 4.78 is 22.5. The molecule has 164 valence electrons. The zero-order valence-electron chi connectivity index (χ0n) is 17.2. The Hall–Kier alpha value is -3.02. The highest BCUT2D eigenvalue weighted by Crippen LogP contribution is 2.34. The topological polar surface area (TPSA) is 107 Å². The quantitative estimate of drug-likeness (QED) is 0.304. The van der Waals surface area contributed by atoms with Gasteiger partial charge in [-0.2, -0.15) is 5.10 Å². The minimum atomic E-state index is -0.466. The molecule has 0 spiro atoms. The van der Waals surface area contributed by atoms with Crippen molar-refractivity contribution >= 4 is 40.6 Å². The van der Waals surface area contributed by atoms with Crippen LogP contribution in [0.1, 0.15) is 29.8 Å². The normalized spacial score (nSPS) is 12.2. The van der Waals surface area contributed by atoms with Crippen LogP contribution in [0.2, 0.25) is 0 Å². The smallest absolute Gasteiger partial charge is 0.259 e. The number of fused-ring (bicyclic) bond motifs is 1. The number of nitrogens with zero attached hydrogens (tertiary/aromatic N) is 1. The molecule has 2 N–H and O–H groups in total. The third-order valence-corrected chi connectivity index (χ3v) is 4.85. The van der Waals surface area contributed by atoms with Crippen molar-refractivity contribution in [1.29, 1.82) is 0 Å². The minimum Gasteiger partial charge on any atom is -0.493 e. The molecular weight excluding hydrogens is 517 g/mol. The first-order valence-corrected chi connectivity index (χ1v) is 10.5. The van der Waals surface area contributed by atoms with Crippen LogP contribution in [-0.4, -0.2) is 44.6 Å². The van der Waals surface area contributed by atoms with Crippen LogP contribution < -0.4 is 29.7 Å². The number of carbonyl (C=O) groups is 2. The predicted octanol–water partition coefficient (Wildman–Crippen LogP) is 2.70. The number of ether oxygens (including phenoxy) is 4. The predicted molar refractivity (Wildman–Crippen MR) is 122 cm³/mol. The van der Waals surface area contributed by atoms with E-state index in [2.05, 4.69) is 38.4 Å². The molecule has 2 amide bonds. The van der Waals surface area contributed by atoms with Crippen LogP contribution in [0.25, 0.3) is 0 Å². The van der Waals surface area contributed by atoms with Crippen molar-refractivity contribution in [1.82, 2.24) is 10.7 Å². The second kappa shape index (κ2) is 10.3. The van der Waals surface area contributed by atoms with Crippen molar-refractivity contribution < 1.29 is 28.5 Å². The molecule has 10 heteroatoms. The van der Waals surface area contributed by atoms with Crippen LogP contribution in [0.15, 0.2) is 35.4 Å². The molecule has 0 fully saturated rings. The third kappa shape index (κ3) is 6.00. The third-order valence-electron chi connectivity index (χ3n) is 4.05. The average Bonchev–Trinajstić information content (AvgIpc) is 3.21. The summed E-state index contributed by atoms with van der Waals surface area (Å²) in [5.41, 5.74) is 3.47. The Morgan fingerprint density at radius 1 is 1.23 bits per heavy atom. The monoisotopic (exact) mass is 539 g/mol. The standard InChI is InChI=1S/C21H22IN3O6/c1-12(2)31-20-15(22)6-13(7-18(20)28-3)9-24-25-19(26)10-23-21(27)14-4-5-16-17(8-14)30-11-29-16/h4-9,12H,10-11H2,1-3H3,(H,23,27)(H,25,26)/b24-9+. The fourth-order valence-electron chi connectivity index (χ4n) is 2.68. The fourth-order valence-corrected chi connectivity index (χ4v) is 3.44. The van der Waals surface area contributed by atoms with Crippen LogP contribution in [0.5, 0.6) is 23.0 Å². The van der Waals surface area contributed by atoms with Gasteiger partial charge in [-0.25, -0.2) is 5.43 Å². The van der Waals surface area contributed by atoms with Gasteiger partial charge in [-0.05, 0) is 72.3 Å². The van der Waals surface area contributed by atoms with Crippen LogP contribution >= 0.6 is 22.6 Å². The van der Waals surface area contributed by atoms with Crippen molar-refractivity contribution in [2.24, 2.45) is 5.10 Å². The van der Waals surface area contributed by atoms with E-state index in [1.54, 1.807) is 31.4 Å². The number of rotatable bonds is 8. The summed E-state index contributed by atoms with van der Waals surface area (Å²) in [5.74, 6) is 1.44.